The smallest absolute Gasteiger partial charge is 0.410 e. The van der Waals surface area contributed by atoms with Crippen molar-refractivity contribution in [3.05, 3.63) is 28.8 Å². The SMILES string of the molecule is Cc1cc(OC(=O)NC2CCNCC2)ccc1Cl. The van der Waals surface area contributed by atoms with E-state index < -0.39 is 6.09 Å². The van der Waals surface area contributed by atoms with Gasteiger partial charge in [-0.3, -0.25) is 0 Å². The second-order valence-electron chi connectivity index (χ2n) is 4.47. The lowest BCUT2D eigenvalue weighted by molar-refractivity contribution is 0.193. The van der Waals surface area contributed by atoms with Gasteiger partial charge >= 0.3 is 6.09 Å². The van der Waals surface area contributed by atoms with Crippen LogP contribution in [0.1, 0.15) is 18.4 Å². The Balaban J connectivity index is 1.88. The molecule has 1 aromatic rings. The van der Waals surface area contributed by atoms with E-state index in [1.54, 1.807) is 18.2 Å². The molecule has 0 radical (unpaired) electrons. The van der Waals surface area contributed by atoms with Gasteiger partial charge in [-0.2, -0.15) is 0 Å². The topological polar surface area (TPSA) is 50.4 Å². The Labute approximate surface area is 112 Å². The number of hydrogen-bond donors (Lipinski definition) is 2. The van der Waals surface area contributed by atoms with Crippen molar-refractivity contribution in [2.24, 2.45) is 0 Å². The van der Waals surface area contributed by atoms with Crippen molar-refractivity contribution in [2.75, 3.05) is 13.1 Å². The molecule has 2 N–H and O–H groups in total. The van der Waals surface area contributed by atoms with Crippen LogP contribution in [0.5, 0.6) is 5.75 Å². The van der Waals surface area contributed by atoms with Crippen molar-refractivity contribution >= 4 is 17.7 Å². The van der Waals surface area contributed by atoms with Crippen LogP contribution in [-0.4, -0.2) is 25.2 Å². The van der Waals surface area contributed by atoms with E-state index in [2.05, 4.69) is 10.6 Å². The molecule has 0 atom stereocenters. The molecule has 4 nitrogen and oxygen atoms in total. The summed E-state index contributed by atoms with van der Waals surface area (Å²) in [6.45, 7) is 3.75. The van der Waals surface area contributed by atoms with Gasteiger partial charge in [-0.25, -0.2) is 4.79 Å². The van der Waals surface area contributed by atoms with Gasteiger partial charge in [0, 0.05) is 11.1 Å². The van der Waals surface area contributed by atoms with Crippen LogP contribution in [0.25, 0.3) is 0 Å². The Morgan fingerprint density at radius 3 is 2.83 bits per heavy atom. The fourth-order valence-corrected chi connectivity index (χ4v) is 2.07. The number of halogens is 1. The number of piperidine rings is 1. The number of aryl methyl sites for hydroxylation is 1. The predicted octanol–water partition coefficient (Wildman–Crippen LogP) is 2.49. The minimum absolute atomic E-state index is 0.201. The van der Waals surface area contributed by atoms with Crippen LogP contribution in [0.15, 0.2) is 18.2 Å². The molecule has 1 saturated heterocycles. The van der Waals surface area contributed by atoms with Crippen LogP contribution in [0.3, 0.4) is 0 Å². The van der Waals surface area contributed by atoms with Gasteiger partial charge in [0.15, 0.2) is 0 Å². The van der Waals surface area contributed by atoms with Gasteiger partial charge in [-0.1, -0.05) is 11.6 Å². The number of hydrogen-bond acceptors (Lipinski definition) is 3. The molecule has 1 aliphatic heterocycles. The third-order valence-electron chi connectivity index (χ3n) is 3.00. The second-order valence-corrected chi connectivity index (χ2v) is 4.88. The van der Waals surface area contributed by atoms with E-state index in [0.29, 0.717) is 10.8 Å². The Hall–Kier alpha value is -1.26. The fraction of sp³-hybridized carbons (Fsp3) is 0.462. The van der Waals surface area contributed by atoms with Gasteiger partial charge in [0.1, 0.15) is 5.75 Å². The Kier molecular flexibility index (Phi) is 4.44. The monoisotopic (exact) mass is 268 g/mol. The first kappa shape index (κ1) is 13.2. The summed E-state index contributed by atoms with van der Waals surface area (Å²) in [7, 11) is 0. The second kappa shape index (κ2) is 6.07. The van der Waals surface area contributed by atoms with Gasteiger partial charge in [0.05, 0.1) is 0 Å². The van der Waals surface area contributed by atoms with Crippen LogP contribution in [0, 0.1) is 6.92 Å². The van der Waals surface area contributed by atoms with Crippen molar-refractivity contribution in [1.29, 1.82) is 0 Å². The summed E-state index contributed by atoms with van der Waals surface area (Å²) in [6, 6.07) is 5.37. The molecule has 1 aromatic carbocycles. The molecule has 18 heavy (non-hydrogen) atoms. The molecular formula is C13H17ClN2O2. The molecule has 1 fully saturated rings. The van der Waals surface area contributed by atoms with Gasteiger partial charge in [0.25, 0.3) is 0 Å². The Morgan fingerprint density at radius 1 is 1.44 bits per heavy atom. The summed E-state index contributed by atoms with van der Waals surface area (Å²) in [5.41, 5.74) is 0.892. The third-order valence-corrected chi connectivity index (χ3v) is 3.43. The number of carbonyl (C=O) groups is 1. The molecule has 1 aliphatic rings. The Morgan fingerprint density at radius 2 is 2.17 bits per heavy atom. The zero-order valence-electron chi connectivity index (χ0n) is 10.3. The van der Waals surface area contributed by atoms with Crippen molar-refractivity contribution < 1.29 is 9.53 Å². The number of amides is 1. The van der Waals surface area contributed by atoms with Crippen LogP contribution < -0.4 is 15.4 Å². The Bertz CT molecular complexity index is 431. The first-order chi connectivity index (χ1) is 8.65. The molecule has 98 valence electrons. The zero-order chi connectivity index (χ0) is 13.0. The van der Waals surface area contributed by atoms with E-state index in [-0.39, 0.29) is 6.04 Å². The van der Waals surface area contributed by atoms with E-state index in [4.69, 9.17) is 16.3 Å². The quantitative estimate of drug-likeness (QED) is 0.866. The maximum atomic E-state index is 11.7. The number of carbonyl (C=O) groups excluding carboxylic acids is 1. The molecular weight excluding hydrogens is 252 g/mol. The van der Waals surface area contributed by atoms with Crippen LogP contribution in [0.4, 0.5) is 4.79 Å². The van der Waals surface area contributed by atoms with Crippen LogP contribution in [0.2, 0.25) is 5.02 Å². The molecule has 0 spiro atoms. The summed E-state index contributed by atoms with van der Waals surface area (Å²) in [5, 5.41) is 6.78. The minimum Gasteiger partial charge on any atom is -0.410 e. The van der Waals surface area contributed by atoms with E-state index in [1.165, 1.54) is 0 Å². The lowest BCUT2D eigenvalue weighted by atomic mass is 10.1. The standard InChI is InChI=1S/C13H17ClN2O2/c1-9-8-11(2-3-12(9)14)18-13(17)16-10-4-6-15-7-5-10/h2-3,8,10,15H,4-7H2,1H3,(H,16,17). The van der Waals surface area contributed by atoms with Crippen molar-refractivity contribution in [1.82, 2.24) is 10.6 Å². The van der Waals surface area contributed by atoms with E-state index in [0.717, 1.165) is 31.5 Å². The summed E-state index contributed by atoms with van der Waals surface area (Å²) in [6.07, 6.45) is 1.48. The van der Waals surface area contributed by atoms with Crippen molar-refractivity contribution in [3.63, 3.8) is 0 Å². The fourth-order valence-electron chi connectivity index (χ4n) is 1.95. The van der Waals surface area contributed by atoms with Crippen molar-refractivity contribution in [2.45, 2.75) is 25.8 Å². The van der Waals surface area contributed by atoms with Gasteiger partial charge in [-0.15, -0.1) is 0 Å². The third kappa shape index (κ3) is 3.62. The van der Waals surface area contributed by atoms with Crippen molar-refractivity contribution in [3.8, 4) is 5.75 Å². The molecule has 0 aliphatic carbocycles. The summed E-state index contributed by atoms with van der Waals surface area (Å²) in [4.78, 5) is 11.7. The molecule has 0 bridgehead atoms. The highest BCUT2D eigenvalue weighted by Crippen LogP contribution is 2.21. The number of benzene rings is 1. The molecule has 1 heterocycles. The lowest BCUT2D eigenvalue weighted by Gasteiger charge is -2.23. The maximum Gasteiger partial charge on any atom is 0.412 e. The predicted molar refractivity (Wildman–Crippen MR) is 71.2 cm³/mol. The summed E-state index contributed by atoms with van der Waals surface area (Å²) >= 11 is 5.91. The highest BCUT2D eigenvalue weighted by Gasteiger charge is 2.16. The van der Waals surface area contributed by atoms with Crippen LogP contribution >= 0.6 is 11.6 Å². The summed E-state index contributed by atoms with van der Waals surface area (Å²) in [5.74, 6) is 0.517. The normalized spacial score (nSPS) is 16.3. The van der Waals surface area contributed by atoms with Gasteiger partial charge < -0.3 is 15.4 Å². The van der Waals surface area contributed by atoms with E-state index in [9.17, 15) is 4.79 Å². The molecule has 0 saturated carbocycles. The van der Waals surface area contributed by atoms with E-state index >= 15 is 0 Å². The molecule has 1 amide bonds. The number of nitrogens with one attached hydrogen (secondary N) is 2. The van der Waals surface area contributed by atoms with Crippen LogP contribution in [-0.2, 0) is 0 Å². The summed E-state index contributed by atoms with van der Waals surface area (Å²) < 4.78 is 5.22. The first-order valence-corrected chi connectivity index (χ1v) is 6.48. The van der Waals surface area contributed by atoms with Gasteiger partial charge in [0.2, 0.25) is 0 Å². The molecule has 0 aromatic heterocycles. The highest BCUT2D eigenvalue weighted by molar-refractivity contribution is 6.31. The number of ether oxygens (including phenoxy) is 1. The maximum absolute atomic E-state index is 11.7. The lowest BCUT2D eigenvalue weighted by Crippen LogP contribution is -2.43. The zero-order valence-corrected chi connectivity index (χ0v) is 11.1. The minimum atomic E-state index is -0.399. The average Bonchev–Trinajstić information content (AvgIpc) is 2.35. The average molecular weight is 269 g/mol. The highest BCUT2D eigenvalue weighted by atomic mass is 35.5. The first-order valence-electron chi connectivity index (χ1n) is 6.10. The largest absolute Gasteiger partial charge is 0.412 e. The molecule has 2 rings (SSSR count). The molecule has 0 unspecified atom stereocenters. The van der Waals surface area contributed by atoms with Gasteiger partial charge in [-0.05, 0) is 56.6 Å². The molecule has 5 heteroatoms. The number of rotatable bonds is 2. The van der Waals surface area contributed by atoms with E-state index in [1.807, 2.05) is 6.92 Å².